The number of sulfonamides is 1. The molecule has 0 bridgehead atoms. The molecule has 32 heavy (non-hydrogen) atoms. The molecule has 0 aromatic heterocycles. The zero-order valence-electron chi connectivity index (χ0n) is 18.6. The van der Waals surface area contributed by atoms with E-state index in [1.807, 2.05) is 18.2 Å². The predicted octanol–water partition coefficient (Wildman–Crippen LogP) is 4.34. The maximum atomic E-state index is 11.6. The Kier molecular flexibility index (Phi) is 5.48. The summed E-state index contributed by atoms with van der Waals surface area (Å²) in [7, 11) is -3.29. The summed E-state index contributed by atoms with van der Waals surface area (Å²) in [5.74, 6) is 1.60. The Morgan fingerprint density at radius 2 is 1.78 bits per heavy atom. The van der Waals surface area contributed by atoms with Crippen molar-refractivity contribution in [2.75, 3.05) is 30.6 Å². The van der Waals surface area contributed by atoms with E-state index in [0.29, 0.717) is 23.4 Å². The molecule has 0 radical (unpaired) electrons. The molecule has 7 heteroatoms. The number of anilines is 1. The van der Waals surface area contributed by atoms with Crippen LogP contribution in [0.4, 0.5) is 5.69 Å². The predicted molar refractivity (Wildman–Crippen MR) is 131 cm³/mol. The normalized spacial score (nSPS) is 34.1. The zero-order chi connectivity index (χ0) is 22.7. The maximum absolute atomic E-state index is 11.6. The van der Waals surface area contributed by atoms with Gasteiger partial charge in [0, 0.05) is 35.2 Å². The summed E-state index contributed by atoms with van der Waals surface area (Å²) in [6, 6.07) is 16.4. The van der Waals surface area contributed by atoms with Crippen LogP contribution in [0.3, 0.4) is 0 Å². The second-order valence-corrected chi connectivity index (χ2v) is 12.8. The SMILES string of the molecule is CCC1(c2cccc(NS(C)(=O)=O)c2)C2CN(CC3(O)CC(c4ccc(Br)cc4)C3)CC21. The monoisotopic (exact) mass is 518 g/mol. The summed E-state index contributed by atoms with van der Waals surface area (Å²) in [5, 5.41) is 11.1. The lowest BCUT2D eigenvalue weighted by atomic mass is 9.67. The first-order valence-electron chi connectivity index (χ1n) is 11.4. The molecule has 2 N–H and O–H groups in total. The van der Waals surface area contributed by atoms with Crippen LogP contribution in [0.15, 0.2) is 53.0 Å². The number of benzene rings is 2. The van der Waals surface area contributed by atoms with Gasteiger partial charge >= 0.3 is 0 Å². The molecule has 2 aromatic carbocycles. The van der Waals surface area contributed by atoms with Crippen molar-refractivity contribution < 1.29 is 13.5 Å². The Morgan fingerprint density at radius 1 is 1.12 bits per heavy atom. The molecule has 0 amide bonds. The molecule has 3 aliphatic rings. The highest BCUT2D eigenvalue weighted by molar-refractivity contribution is 9.10. The fraction of sp³-hybridized carbons (Fsp3) is 0.520. The molecule has 3 fully saturated rings. The first-order chi connectivity index (χ1) is 15.1. The number of fused-ring (bicyclic) bond motifs is 1. The molecule has 2 saturated carbocycles. The van der Waals surface area contributed by atoms with E-state index in [2.05, 4.69) is 62.8 Å². The van der Waals surface area contributed by atoms with E-state index in [0.717, 1.165) is 43.4 Å². The van der Waals surface area contributed by atoms with Gasteiger partial charge in [0.25, 0.3) is 0 Å². The highest BCUT2D eigenvalue weighted by atomic mass is 79.9. The van der Waals surface area contributed by atoms with Crippen LogP contribution in [0, 0.1) is 11.8 Å². The summed E-state index contributed by atoms with van der Waals surface area (Å²) in [6.45, 7) is 5.01. The van der Waals surface area contributed by atoms with Crippen molar-refractivity contribution in [1.82, 2.24) is 4.90 Å². The van der Waals surface area contributed by atoms with Crippen LogP contribution in [0.2, 0.25) is 0 Å². The lowest BCUT2D eigenvalue weighted by Crippen LogP contribution is -2.51. The summed E-state index contributed by atoms with van der Waals surface area (Å²) in [6.07, 6.45) is 3.90. The Bertz CT molecular complexity index is 1100. The van der Waals surface area contributed by atoms with Gasteiger partial charge in [-0.2, -0.15) is 0 Å². The highest BCUT2D eigenvalue weighted by Gasteiger charge is 2.67. The van der Waals surface area contributed by atoms with Crippen molar-refractivity contribution in [2.24, 2.45) is 11.8 Å². The minimum Gasteiger partial charge on any atom is -0.389 e. The summed E-state index contributed by atoms with van der Waals surface area (Å²) in [5.41, 5.74) is 2.74. The fourth-order valence-corrected chi connectivity index (χ4v) is 7.38. The first-order valence-corrected chi connectivity index (χ1v) is 14.1. The molecule has 1 aliphatic heterocycles. The standard InChI is InChI=1S/C25H31BrN2O3S/c1-3-25(19-5-4-6-21(11-19)27-32(2,30)31)22-14-28(15-23(22)25)16-24(29)12-18(13-24)17-7-9-20(26)10-8-17/h4-11,18,22-23,27,29H,3,12-16H2,1-2H3. The average Bonchev–Trinajstić information content (AvgIpc) is 3.09. The number of rotatable bonds is 7. The van der Waals surface area contributed by atoms with E-state index < -0.39 is 15.6 Å². The third-order valence-electron chi connectivity index (χ3n) is 8.01. The molecule has 0 spiro atoms. The van der Waals surface area contributed by atoms with Gasteiger partial charge in [0.15, 0.2) is 0 Å². The summed E-state index contributed by atoms with van der Waals surface area (Å²) >= 11 is 3.49. The molecule has 2 atom stereocenters. The minimum atomic E-state index is -3.29. The number of aliphatic hydroxyl groups is 1. The molecule has 5 rings (SSSR count). The largest absolute Gasteiger partial charge is 0.389 e. The molecule has 2 aromatic rings. The van der Waals surface area contributed by atoms with Crippen molar-refractivity contribution >= 4 is 31.6 Å². The number of nitrogens with zero attached hydrogens (tertiary/aromatic N) is 1. The maximum Gasteiger partial charge on any atom is 0.229 e. The summed E-state index contributed by atoms with van der Waals surface area (Å²) in [4.78, 5) is 2.44. The van der Waals surface area contributed by atoms with Gasteiger partial charge in [0.1, 0.15) is 0 Å². The van der Waals surface area contributed by atoms with Crippen LogP contribution in [-0.4, -0.2) is 49.9 Å². The van der Waals surface area contributed by atoms with Gasteiger partial charge in [-0.25, -0.2) is 8.42 Å². The first kappa shape index (κ1) is 22.4. The van der Waals surface area contributed by atoms with E-state index in [-0.39, 0.29) is 5.41 Å². The van der Waals surface area contributed by atoms with Crippen LogP contribution in [-0.2, 0) is 15.4 Å². The van der Waals surface area contributed by atoms with E-state index >= 15 is 0 Å². The van der Waals surface area contributed by atoms with Crippen LogP contribution in [0.5, 0.6) is 0 Å². The molecular formula is C25H31BrN2O3S. The summed E-state index contributed by atoms with van der Waals surface area (Å²) < 4.78 is 27.0. The van der Waals surface area contributed by atoms with Crippen molar-refractivity contribution in [3.05, 3.63) is 64.1 Å². The number of likely N-dealkylation sites (tertiary alicyclic amines) is 1. The molecule has 1 heterocycles. The van der Waals surface area contributed by atoms with E-state index in [1.165, 1.54) is 17.4 Å². The van der Waals surface area contributed by atoms with Crippen molar-refractivity contribution in [1.29, 1.82) is 0 Å². The second kappa shape index (κ2) is 7.83. The number of hydrogen-bond acceptors (Lipinski definition) is 4. The van der Waals surface area contributed by atoms with Gasteiger partial charge in [-0.15, -0.1) is 0 Å². The van der Waals surface area contributed by atoms with Crippen molar-refractivity contribution in [2.45, 2.75) is 43.1 Å². The molecule has 5 nitrogen and oxygen atoms in total. The number of nitrogens with one attached hydrogen (secondary N) is 1. The van der Waals surface area contributed by atoms with E-state index in [9.17, 15) is 13.5 Å². The molecule has 2 unspecified atom stereocenters. The van der Waals surface area contributed by atoms with E-state index in [4.69, 9.17) is 0 Å². The Labute approximate surface area is 199 Å². The molecule has 1 saturated heterocycles. The van der Waals surface area contributed by atoms with Gasteiger partial charge in [-0.1, -0.05) is 47.1 Å². The van der Waals surface area contributed by atoms with Gasteiger partial charge in [0.05, 0.1) is 11.9 Å². The number of β-amino-alcohol motifs (C(OH)–C–C–N with tert-alkyl or cyclic N) is 1. The smallest absolute Gasteiger partial charge is 0.229 e. The van der Waals surface area contributed by atoms with Gasteiger partial charge < -0.3 is 5.11 Å². The molecular weight excluding hydrogens is 488 g/mol. The Balaban J connectivity index is 1.21. The molecule has 172 valence electrons. The van der Waals surface area contributed by atoms with E-state index in [1.54, 1.807) is 0 Å². The average molecular weight is 520 g/mol. The molecule has 2 aliphatic carbocycles. The third-order valence-corrected chi connectivity index (χ3v) is 9.15. The number of halogens is 1. The van der Waals surface area contributed by atoms with Crippen molar-refractivity contribution in [3.8, 4) is 0 Å². The topological polar surface area (TPSA) is 69.6 Å². The lowest BCUT2D eigenvalue weighted by Gasteiger charge is -2.46. The van der Waals surface area contributed by atoms with Crippen LogP contribution < -0.4 is 4.72 Å². The number of piperidine rings is 1. The van der Waals surface area contributed by atoms with Crippen LogP contribution in [0.1, 0.15) is 43.2 Å². The zero-order valence-corrected chi connectivity index (χ0v) is 21.0. The minimum absolute atomic E-state index is 0.133. The second-order valence-electron chi connectivity index (χ2n) is 10.1. The van der Waals surface area contributed by atoms with Gasteiger partial charge in [-0.3, -0.25) is 9.62 Å². The van der Waals surface area contributed by atoms with Gasteiger partial charge in [-0.05, 0) is 72.4 Å². The fourth-order valence-electron chi connectivity index (χ4n) is 6.56. The van der Waals surface area contributed by atoms with Crippen molar-refractivity contribution in [3.63, 3.8) is 0 Å². The lowest BCUT2D eigenvalue weighted by molar-refractivity contribution is -0.0712. The van der Waals surface area contributed by atoms with Crippen LogP contribution >= 0.6 is 15.9 Å². The van der Waals surface area contributed by atoms with Gasteiger partial charge in [0.2, 0.25) is 10.0 Å². The quantitative estimate of drug-likeness (QED) is 0.571. The highest BCUT2D eigenvalue weighted by Crippen LogP contribution is 2.66. The Hall–Kier alpha value is -1.41. The Morgan fingerprint density at radius 3 is 2.38 bits per heavy atom. The third kappa shape index (κ3) is 4.02. The number of hydrogen-bond donors (Lipinski definition) is 2. The van der Waals surface area contributed by atoms with Crippen LogP contribution in [0.25, 0.3) is 0 Å².